The molecule has 2 aromatic heterocycles. The van der Waals surface area contributed by atoms with Gasteiger partial charge in [0.15, 0.2) is 11.9 Å². The summed E-state index contributed by atoms with van der Waals surface area (Å²) >= 11 is 0. The first-order chi connectivity index (χ1) is 13.2. The molecule has 6 nitrogen and oxygen atoms in total. The molecule has 3 rings (SSSR count). The lowest BCUT2D eigenvalue weighted by Crippen LogP contribution is -2.66. The van der Waals surface area contributed by atoms with Crippen molar-refractivity contribution in [2.24, 2.45) is 0 Å². The monoisotopic (exact) mass is 403 g/mol. The number of carbonyl (C=O) groups excluding carboxylic acids is 2. The Morgan fingerprint density at radius 3 is 2.04 bits per heavy atom. The van der Waals surface area contributed by atoms with Crippen LogP contribution in [0.3, 0.4) is 0 Å². The molecule has 0 aliphatic carbocycles. The molecule has 0 spiro atoms. The molecule has 28 heavy (non-hydrogen) atoms. The fourth-order valence-electron chi connectivity index (χ4n) is 4.69. The molecule has 0 aromatic carbocycles. The van der Waals surface area contributed by atoms with E-state index in [1.165, 1.54) is 11.2 Å². The van der Waals surface area contributed by atoms with Crippen molar-refractivity contribution in [1.82, 2.24) is 4.90 Å². The summed E-state index contributed by atoms with van der Waals surface area (Å²) in [5.41, 5.74) is 0.979. The van der Waals surface area contributed by atoms with Crippen molar-refractivity contribution in [1.29, 1.82) is 0 Å². The van der Waals surface area contributed by atoms with E-state index in [2.05, 4.69) is 41.5 Å². The molecule has 0 radical (unpaired) electrons. The topological polar surface area (TPSA) is 72.9 Å². The fraction of sp³-hybridized carbons (Fsp3) is 0.524. The van der Waals surface area contributed by atoms with Gasteiger partial charge in [-0.25, -0.2) is 0 Å². The SMILES string of the molecule is CC(C)[Si](O[C@H]1C(=O)N(C(=O)c2ccco2)[C@@H]1c1ccco1)(C(C)C)C(C)C. The minimum absolute atomic E-state index is 0.128. The van der Waals surface area contributed by atoms with Crippen LogP contribution >= 0.6 is 0 Å². The van der Waals surface area contributed by atoms with Crippen LogP contribution in [-0.2, 0) is 9.22 Å². The summed E-state index contributed by atoms with van der Waals surface area (Å²) in [5, 5.41) is 0. The van der Waals surface area contributed by atoms with Crippen molar-refractivity contribution in [3.8, 4) is 0 Å². The molecular formula is C21H29NO5Si. The van der Waals surface area contributed by atoms with E-state index in [1.807, 2.05) is 0 Å². The number of β-lactam (4-membered cyclic amide) rings is 1. The highest BCUT2D eigenvalue weighted by Gasteiger charge is 2.59. The zero-order valence-electron chi connectivity index (χ0n) is 17.3. The maximum absolute atomic E-state index is 13.1. The van der Waals surface area contributed by atoms with Crippen LogP contribution in [0.5, 0.6) is 0 Å². The Hall–Kier alpha value is -2.12. The Kier molecular flexibility index (Phi) is 5.68. The molecular weight excluding hydrogens is 374 g/mol. The number of likely N-dealkylation sites (tertiary alicyclic amines) is 1. The van der Waals surface area contributed by atoms with Crippen molar-refractivity contribution in [3.63, 3.8) is 0 Å². The summed E-state index contributed by atoms with van der Waals surface area (Å²) in [4.78, 5) is 27.1. The van der Waals surface area contributed by atoms with Crippen LogP contribution < -0.4 is 0 Å². The van der Waals surface area contributed by atoms with Gasteiger partial charge in [0.25, 0.3) is 11.8 Å². The van der Waals surface area contributed by atoms with Crippen LogP contribution in [0, 0.1) is 0 Å². The first-order valence-corrected chi connectivity index (χ1v) is 12.0. The molecule has 1 aliphatic heterocycles. The van der Waals surface area contributed by atoms with Crippen molar-refractivity contribution in [3.05, 3.63) is 48.3 Å². The van der Waals surface area contributed by atoms with Crippen molar-refractivity contribution in [2.45, 2.75) is 70.3 Å². The third-order valence-corrected chi connectivity index (χ3v) is 11.9. The molecule has 152 valence electrons. The Labute approximate surface area is 167 Å². The van der Waals surface area contributed by atoms with Gasteiger partial charge in [-0.3, -0.25) is 14.5 Å². The van der Waals surface area contributed by atoms with Gasteiger partial charge in [0.1, 0.15) is 11.8 Å². The van der Waals surface area contributed by atoms with Gasteiger partial charge in [0.2, 0.25) is 8.32 Å². The van der Waals surface area contributed by atoms with Crippen LogP contribution in [-0.4, -0.2) is 31.1 Å². The molecule has 2 amide bonds. The van der Waals surface area contributed by atoms with Gasteiger partial charge in [0, 0.05) is 0 Å². The number of hydrogen-bond acceptors (Lipinski definition) is 5. The predicted octanol–water partition coefficient (Wildman–Crippen LogP) is 5.16. The first-order valence-electron chi connectivity index (χ1n) is 9.83. The number of imide groups is 1. The maximum Gasteiger partial charge on any atom is 0.297 e. The van der Waals surface area contributed by atoms with Crippen molar-refractivity contribution < 1.29 is 22.8 Å². The molecule has 0 N–H and O–H groups in total. The molecule has 2 aromatic rings. The summed E-state index contributed by atoms with van der Waals surface area (Å²) in [5.74, 6) is -0.129. The lowest BCUT2D eigenvalue weighted by molar-refractivity contribution is -0.160. The lowest BCUT2D eigenvalue weighted by Gasteiger charge is -2.51. The van der Waals surface area contributed by atoms with Crippen molar-refractivity contribution in [2.75, 3.05) is 0 Å². The van der Waals surface area contributed by atoms with E-state index in [9.17, 15) is 9.59 Å². The van der Waals surface area contributed by atoms with Crippen LogP contribution in [0.2, 0.25) is 16.6 Å². The number of rotatable bonds is 7. The largest absolute Gasteiger partial charge is 0.467 e. The van der Waals surface area contributed by atoms with Crippen LogP contribution in [0.25, 0.3) is 0 Å². The predicted molar refractivity (Wildman–Crippen MR) is 107 cm³/mol. The summed E-state index contributed by atoms with van der Waals surface area (Å²) in [6.45, 7) is 13.0. The quantitative estimate of drug-likeness (QED) is 0.363. The minimum Gasteiger partial charge on any atom is -0.467 e. The normalized spacial score (nSPS) is 20.3. The minimum atomic E-state index is -2.31. The highest BCUT2D eigenvalue weighted by molar-refractivity contribution is 6.77. The van der Waals surface area contributed by atoms with Gasteiger partial charge in [0.05, 0.1) is 12.5 Å². The Morgan fingerprint density at radius 2 is 1.57 bits per heavy atom. The maximum atomic E-state index is 13.1. The molecule has 0 unspecified atom stereocenters. The zero-order valence-corrected chi connectivity index (χ0v) is 18.3. The fourth-order valence-corrected chi connectivity index (χ4v) is 10.2. The van der Waals surface area contributed by atoms with Gasteiger partial charge in [-0.1, -0.05) is 41.5 Å². The van der Waals surface area contributed by atoms with Gasteiger partial charge in [-0.2, -0.15) is 0 Å². The first kappa shape index (κ1) is 20.6. The summed E-state index contributed by atoms with van der Waals surface area (Å²) < 4.78 is 17.5. The molecule has 1 saturated heterocycles. The van der Waals surface area contributed by atoms with E-state index in [0.29, 0.717) is 22.4 Å². The van der Waals surface area contributed by atoms with E-state index in [4.69, 9.17) is 13.3 Å². The summed E-state index contributed by atoms with van der Waals surface area (Å²) in [7, 11) is -2.31. The molecule has 0 bridgehead atoms. The Morgan fingerprint density at radius 1 is 1.00 bits per heavy atom. The number of furan rings is 2. The smallest absolute Gasteiger partial charge is 0.297 e. The second-order valence-corrected chi connectivity index (χ2v) is 13.7. The molecule has 1 aliphatic rings. The highest BCUT2D eigenvalue weighted by Crippen LogP contribution is 2.48. The van der Waals surface area contributed by atoms with E-state index >= 15 is 0 Å². The van der Waals surface area contributed by atoms with Gasteiger partial charge < -0.3 is 13.3 Å². The zero-order chi connectivity index (χ0) is 20.6. The Balaban J connectivity index is 1.96. The average Bonchev–Trinajstić information content (AvgIpc) is 3.32. The van der Waals surface area contributed by atoms with E-state index in [-0.39, 0.29) is 11.7 Å². The molecule has 2 atom stereocenters. The second kappa shape index (κ2) is 7.71. The number of amides is 2. The Bertz CT molecular complexity index is 788. The van der Waals surface area contributed by atoms with Crippen molar-refractivity contribution >= 4 is 20.1 Å². The van der Waals surface area contributed by atoms with E-state index in [1.54, 1.807) is 30.5 Å². The van der Waals surface area contributed by atoms with E-state index < -0.39 is 26.4 Å². The molecule has 3 heterocycles. The molecule has 7 heteroatoms. The van der Waals surface area contributed by atoms with E-state index in [0.717, 1.165) is 0 Å². The number of carbonyl (C=O) groups is 2. The summed E-state index contributed by atoms with van der Waals surface area (Å²) in [6.07, 6.45) is 2.24. The van der Waals surface area contributed by atoms with Crippen LogP contribution in [0.1, 0.15) is 63.9 Å². The standard InChI is InChI=1S/C21H29NO5Si/c1-13(2)28(14(3)4,15(5)6)27-19-18(16-9-7-11-25-16)22(21(19)24)20(23)17-10-8-12-26-17/h7-15,18-19H,1-6H3/t18-,19-/m1/s1. The van der Waals surface area contributed by atoms with Gasteiger partial charge in [-0.15, -0.1) is 0 Å². The average molecular weight is 404 g/mol. The third-order valence-electron chi connectivity index (χ3n) is 5.87. The van der Waals surface area contributed by atoms with Crippen LogP contribution in [0.4, 0.5) is 0 Å². The van der Waals surface area contributed by atoms with Gasteiger partial charge in [-0.05, 0) is 40.9 Å². The molecule has 0 saturated carbocycles. The summed E-state index contributed by atoms with van der Waals surface area (Å²) in [6, 6.07) is 6.13. The highest BCUT2D eigenvalue weighted by atomic mass is 28.4. The second-order valence-electron chi connectivity index (χ2n) is 8.31. The van der Waals surface area contributed by atoms with Gasteiger partial charge >= 0.3 is 0 Å². The lowest BCUT2D eigenvalue weighted by atomic mass is 9.95. The third kappa shape index (κ3) is 3.16. The number of nitrogens with zero attached hydrogens (tertiary/aromatic N) is 1. The number of hydrogen-bond donors (Lipinski definition) is 0. The molecule has 1 fully saturated rings. The van der Waals surface area contributed by atoms with Crippen LogP contribution in [0.15, 0.2) is 45.6 Å².